The van der Waals surface area contributed by atoms with Crippen LogP contribution < -0.4 is 14.3 Å². The number of sulfonamides is 1. The Hall–Kier alpha value is -1.96. The minimum absolute atomic E-state index is 0.213. The molecular weight excluding hydrogens is 546 g/mol. The number of halogens is 1. The first-order valence-electron chi connectivity index (χ1n) is 11.5. The highest BCUT2D eigenvalue weighted by molar-refractivity contribution is 7.91. The maximum absolute atomic E-state index is 13.2. The first-order valence-corrected chi connectivity index (χ1v) is 14.9. The van der Waals surface area contributed by atoms with Gasteiger partial charge in [-0.25, -0.2) is 8.42 Å². The number of ether oxygens (including phenoxy) is 3. The third-order valence-electron chi connectivity index (χ3n) is 6.01. The fraction of sp³-hybridized carbons (Fsp3) is 0.478. The molecule has 13 heteroatoms. The van der Waals surface area contributed by atoms with Gasteiger partial charge < -0.3 is 18.8 Å². The molecule has 0 N–H and O–H groups in total. The molecule has 0 atom stereocenters. The van der Waals surface area contributed by atoms with E-state index >= 15 is 0 Å². The highest BCUT2D eigenvalue weighted by Crippen LogP contribution is 2.35. The van der Waals surface area contributed by atoms with Gasteiger partial charge in [0.2, 0.25) is 0 Å². The molecule has 1 aliphatic rings. The lowest BCUT2D eigenvalue weighted by atomic mass is 9.98. The fourth-order valence-electron chi connectivity index (χ4n) is 4.14. The van der Waals surface area contributed by atoms with Gasteiger partial charge in [-0.1, -0.05) is 22.9 Å². The molecule has 0 unspecified atom stereocenters. The molecule has 36 heavy (non-hydrogen) atoms. The lowest BCUT2D eigenvalue weighted by molar-refractivity contribution is -0.122. The van der Waals surface area contributed by atoms with Crippen molar-refractivity contribution in [3.05, 3.63) is 33.4 Å². The van der Waals surface area contributed by atoms with E-state index in [0.717, 1.165) is 21.6 Å². The van der Waals surface area contributed by atoms with Crippen LogP contribution in [0.5, 0.6) is 11.5 Å². The summed E-state index contributed by atoms with van der Waals surface area (Å²) in [6.45, 7) is 3.95. The Morgan fingerprint density at radius 2 is 1.81 bits per heavy atom. The van der Waals surface area contributed by atoms with Gasteiger partial charge in [0.15, 0.2) is 4.80 Å². The first-order chi connectivity index (χ1) is 17.3. The minimum Gasteiger partial charge on any atom is -0.495 e. The van der Waals surface area contributed by atoms with Crippen LogP contribution in [0.4, 0.5) is 0 Å². The minimum atomic E-state index is -3.62. The largest absolute Gasteiger partial charge is 0.495 e. The number of aromatic nitrogens is 1. The van der Waals surface area contributed by atoms with Crippen molar-refractivity contribution in [3.63, 3.8) is 0 Å². The highest BCUT2D eigenvalue weighted by Gasteiger charge is 2.33. The number of rotatable bonds is 9. The first kappa shape index (κ1) is 27.1. The molecule has 0 spiro atoms. The number of methoxy groups -OCH3 is 2. The van der Waals surface area contributed by atoms with E-state index in [1.807, 2.05) is 23.6 Å². The molecule has 1 aliphatic heterocycles. The van der Waals surface area contributed by atoms with Crippen molar-refractivity contribution in [2.75, 3.05) is 40.5 Å². The second-order valence-electron chi connectivity index (χ2n) is 8.07. The van der Waals surface area contributed by atoms with Crippen LogP contribution in [-0.4, -0.2) is 63.7 Å². The summed E-state index contributed by atoms with van der Waals surface area (Å²) < 4.78 is 47.3. The number of carbonyl (C=O) groups excluding carboxylic acids is 1. The molecule has 3 heterocycles. The van der Waals surface area contributed by atoms with Crippen molar-refractivity contribution >= 4 is 60.4 Å². The summed E-state index contributed by atoms with van der Waals surface area (Å²) in [4.78, 5) is 18.2. The van der Waals surface area contributed by atoms with Crippen molar-refractivity contribution < 1.29 is 27.4 Å². The van der Waals surface area contributed by atoms with Crippen molar-refractivity contribution in [3.8, 4) is 11.5 Å². The smallest absolute Gasteiger partial charge is 0.252 e. The number of carbonyl (C=O) groups is 1. The standard InChI is InChI=1S/C23H28ClN3O6S3/c1-4-33-14-13-27-20-16(31-2)5-6-17(32-3)21(20)35-23(27)25-22(28)15-9-11-26(12-10-15)36(29,30)19-8-7-18(24)34-19/h5-8,15H,4,9-14H2,1-3H3. The molecular formula is C23H28ClN3O6S3. The predicted octanol–water partition coefficient (Wildman–Crippen LogP) is 4.00. The quantitative estimate of drug-likeness (QED) is 0.359. The Balaban J connectivity index is 1.60. The number of nitrogens with zero attached hydrogens (tertiary/aromatic N) is 3. The SMILES string of the molecule is CCOCCn1c(=NC(=O)C2CCN(S(=O)(=O)c3ccc(Cl)s3)CC2)sc2c(OC)ccc(OC)c21. The van der Waals surface area contributed by atoms with Crippen molar-refractivity contribution in [1.82, 2.24) is 8.87 Å². The van der Waals surface area contributed by atoms with Crippen LogP contribution in [0.2, 0.25) is 4.34 Å². The maximum atomic E-state index is 13.2. The number of hydrogen-bond donors (Lipinski definition) is 0. The third-order valence-corrected chi connectivity index (χ3v) is 10.7. The Morgan fingerprint density at radius 1 is 1.11 bits per heavy atom. The second-order valence-corrected chi connectivity index (χ2v) is 12.9. The van der Waals surface area contributed by atoms with E-state index in [1.165, 1.54) is 21.7 Å². The van der Waals surface area contributed by atoms with E-state index < -0.39 is 10.0 Å². The van der Waals surface area contributed by atoms with Crippen LogP contribution in [-0.2, 0) is 26.1 Å². The normalized spacial score (nSPS) is 16.1. The lowest BCUT2D eigenvalue weighted by Gasteiger charge is -2.29. The number of benzene rings is 1. The number of thiophene rings is 1. The van der Waals surface area contributed by atoms with Gasteiger partial charge in [0.05, 0.1) is 25.2 Å². The Labute approximate surface area is 222 Å². The highest BCUT2D eigenvalue weighted by atomic mass is 35.5. The predicted molar refractivity (Wildman–Crippen MR) is 141 cm³/mol. The molecule has 0 bridgehead atoms. The fourth-order valence-corrected chi connectivity index (χ4v) is 8.42. The van der Waals surface area contributed by atoms with Crippen LogP contribution in [0.1, 0.15) is 19.8 Å². The van der Waals surface area contributed by atoms with Gasteiger partial charge in [-0.15, -0.1) is 11.3 Å². The van der Waals surface area contributed by atoms with Crippen LogP contribution in [0.3, 0.4) is 0 Å². The van der Waals surface area contributed by atoms with Gasteiger partial charge in [-0.2, -0.15) is 9.30 Å². The number of piperidine rings is 1. The molecule has 196 valence electrons. The molecule has 1 saturated heterocycles. The van der Waals surface area contributed by atoms with Gasteiger partial charge in [0.25, 0.3) is 15.9 Å². The molecule has 0 aliphatic carbocycles. The molecule has 9 nitrogen and oxygen atoms in total. The summed E-state index contributed by atoms with van der Waals surface area (Å²) in [6.07, 6.45) is 0.800. The number of hydrogen-bond acceptors (Lipinski definition) is 8. The van der Waals surface area contributed by atoms with Gasteiger partial charge in [0, 0.05) is 32.2 Å². The zero-order chi connectivity index (χ0) is 25.9. The number of amides is 1. The molecule has 2 aromatic heterocycles. The van der Waals surface area contributed by atoms with Gasteiger partial charge in [-0.05, 0) is 44.0 Å². The topological polar surface area (TPSA) is 99.4 Å². The third kappa shape index (κ3) is 5.48. The van der Waals surface area contributed by atoms with Crippen LogP contribution in [0.25, 0.3) is 10.2 Å². The van der Waals surface area contributed by atoms with Gasteiger partial charge in [0.1, 0.15) is 25.9 Å². The van der Waals surface area contributed by atoms with Gasteiger partial charge in [-0.3, -0.25) is 4.79 Å². The number of thiazole rings is 1. The molecule has 0 saturated carbocycles. The van der Waals surface area contributed by atoms with E-state index in [1.54, 1.807) is 20.3 Å². The molecule has 1 aromatic carbocycles. The van der Waals surface area contributed by atoms with Crippen molar-refractivity contribution in [2.45, 2.75) is 30.5 Å². The maximum Gasteiger partial charge on any atom is 0.252 e. The summed E-state index contributed by atoms with van der Waals surface area (Å²) >= 11 is 8.31. The van der Waals surface area contributed by atoms with E-state index in [-0.39, 0.29) is 29.1 Å². The van der Waals surface area contributed by atoms with E-state index in [2.05, 4.69) is 4.99 Å². The second kappa shape index (κ2) is 11.6. The van der Waals surface area contributed by atoms with Crippen LogP contribution in [0.15, 0.2) is 33.5 Å². The molecule has 1 fully saturated rings. The van der Waals surface area contributed by atoms with Crippen LogP contribution >= 0.6 is 34.3 Å². The summed E-state index contributed by atoms with van der Waals surface area (Å²) in [7, 11) is -0.426. The van der Waals surface area contributed by atoms with E-state index in [0.29, 0.717) is 53.2 Å². The molecule has 0 radical (unpaired) electrons. The lowest BCUT2D eigenvalue weighted by Crippen LogP contribution is -2.40. The zero-order valence-corrected chi connectivity index (χ0v) is 23.4. The van der Waals surface area contributed by atoms with E-state index in [9.17, 15) is 13.2 Å². The number of fused-ring (bicyclic) bond motifs is 1. The van der Waals surface area contributed by atoms with Gasteiger partial charge >= 0.3 is 0 Å². The Morgan fingerprint density at radius 3 is 2.42 bits per heavy atom. The summed E-state index contributed by atoms with van der Waals surface area (Å²) in [5.74, 6) is 0.695. The molecule has 1 amide bonds. The Kier molecular flexibility index (Phi) is 8.74. The molecule has 3 aromatic rings. The van der Waals surface area contributed by atoms with Crippen molar-refractivity contribution in [1.29, 1.82) is 0 Å². The summed E-state index contributed by atoms with van der Waals surface area (Å²) in [5, 5.41) is 0. The van der Waals surface area contributed by atoms with Crippen LogP contribution in [0, 0.1) is 5.92 Å². The van der Waals surface area contributed by atoms with Crippen molar-refractivity contribution in [2.24, 2.45) is 10.9 Å². The molecule has 4 rings (SSSR count). The Bertz CT molecular complexity index is 1400. The average molecular weight is 574 g/mol. The van der Waals surface area contributed by atoms with E-state index in [4.69, 9.17) is 25.8 Å². The summed E-state index contributed by atoms with van der Waals surface area (Å²) in [6, 6.07) is 6.74. The summed E-state index contributed by atoms with van der Waals surface area (Å²) in [5.41, 5.74) is 0.795. The monoisotopic (exact) mass is 573 g/mol. The average Bonchev–Trinajstić information content (AvgIpc) is 3.48. The zero-order valence-electron chi connectivity index (χ0n) is 20.2.